The molecule has 7 nitrogen and oxygen atoms in total. The van der Waals surface area contributed by atoms with Crippen molar-refractivity contribution in [3.05, 3.63) is 40.5 Å². The number of hydrogen-bond donors (Lipinski definition) is 0. The quantitative estimate of drug-likeness (QED) is 0.612. The van der Waals surface area contributed by atoms with Gasteiger partial charge in [0.15, 0.2) is 11.5 Å². The summed E-state index contributed by atoms with van der Waals surface area (Å²) in [5.74, 6) is 0.666. The Morgan fingerprint density at radius 2 is 2.08 bits per heavy atom. The number of hydrogen-bond acceptors (Lipinski definition) is 6. The topological polar surface area (TPSA) is 75.2 Å². The van der Waals surface area contributed by atoms with Gasteiger partial charge in [-0.15, -0.1) is 10.2 Å². The van der Waals surface area contributed by atoms with Gasteiger partial charge in [0, 0.05) is 11.8 Å². The van der Waals surface area contributed by atoms with Crippen molar-refractivity contribution in [3.63, 3.8) is 0 Å². The molecule has 0 bridgehead atoms. The number of aromatic nitrogens is 4. The third-order valence-corrected chi connectivity index (χ3v) is 4.06. The van der Waals surface area contributed by atoms with Gasteiger partial charge in [-0.2, -0.15) is 13.9 Å². The Bertz CT molecular complexity index is 862. The maximum atomic E-state index is 12.4. The lowest BCUT2D eigenvalue weighted by molar-refractivity contribution is -0.0512. The summed E-state index contributed by atoms with van der Waals surface area (Å²) in [6.07, 6.45) is 1.80. The van der Waals surface area contributed by atoms with E-state index in [0.29, 0.717) is 18.0 Å². The summed E-state index contributed by atoms with van der Waals surface area (Å²) >= 11 is 3.38. The highest BCUT2D eigenvalue weighted by atomic mass is 79.9. The minimum Gasteiger partial charge on any atom is -0.493 e. The molecule has 0 amide bonds. The van der Waals surface area contributed by atoms with Gasteiger partial charge in [0.2, 0.25) is 11.8 Å². The lowest BCUT2D eigenvalue weighted by atomic mass is 10.2. The van der Waals surface area contributed by atoms with Gasteiger partial charge in [0.25, 0.3) is 0 Å². The molecular formula is C15H13BrF2N4O3. The summed E-state index contributed by atoms with van der Waals surface area (Å²) in [7, 11) is 1.36. The van der Waals surface area contributed by atoms with Gasteiger partial charge in [0.1, 0.15) is 6.54 Å². The molecule has 2 heterocycles. The third kappa shape index (κ3) is 3.95. The molecule has 0 spiro atoms. The molecule has 3 rings (SSSR count). The van der Waals surface area contributed by atoms with Crippen LogP contribution in [0.25, 0.3) is 11.5 Å². The lowest BCUT2D eigenvalue weighted by Crippen LogP contribution is -2.03. The molecule has 132 valence electrons. The molecule has 1 aromatic carbocycles. The Balaban J connectivity index is 1.81. The van der Waals surface area contributed by atoms with Crippen molar-refractivity contribution in [1.29, 1.82) is 0 Å². The van der Waals surface area contributed by atoms with E-state index in [1.54, 1.807) is 10.9 Å². The summed E-state index contributed by atoms with van der Waals surface area (Å²) in [5, 5.41) is 12.2. The fraction of sp³-hybridized carbons (Fsp3) is 0.267. The maximum absolute atomic E-state index is 12.4. The van der Waals surface area contributed by atoms with Gasteiger partial charge >= 0.3 is 6.61 Å². The van der Waals surface area contributed by atoms with Crippen LogP contribution in [0.15, 0.2) is 33.3 Å². The van der Waals surface area contributed by atoms with Crippen LogP contribution in [0.1, 0.15) is 11.6 Å². The monoisotopic (exact) mass is 414 g/mol. The Morgan fingerprint density at radius 1 is 1.28 bits per heavy atom. The van der Waals surface area contributed by atoms with Crippen LogP contribution >= 0.6 is 15.9 Å². The fourth-order valence-electron chi connectivity index (χ4n) is 2.14. The molecule has 10 heteroatoms. The number of halogens is 3. The first-order valence-electron chi connectivity index (χ1n) is 7.11. The highest BCUT2D eigenvalue weighted by Crippen LogP contribution is 2.33. The van der Waals surface area contributed by atoms with E-state index in [1.165, 1.54) is 25.3 Å². The highest BCUT2D eigenvalue weighted by molar-refractivity contribution is 9.10. The predicted octanol–water partition coefficient (Wildman–Crippen LogP) is 3.66. The zero-order valence-electron chi connectivity index (χ0n) is 13.2. The molecule has 2 aromatic heterocycles. The van der Waals surface area contributed by atoms with Crippen molar-refractivity contribution in [2.24, 2.45) is 0 Å². The molecule has 0 saturated carbocycles. The molecule has 0 aliphatic carbocycles. The van der Waals surface area contributed by atoms with Gasteiger partial charge < -0.3 is 13.9 Å². The Morgan fingerprint density at radius 3 is 2.72 bits per heavy atom. The van der Waals surface area contributed by atoms with Crippen LogP contribution in [-0.4, -0.2) is 33.7 Å². The second-order valence-corrected chi connectivity index (χ2v) is 5.86. The molecule has 0 atom stereocenters. The smallest absolute Gasteiger partial charge is 0.387 e. The van der Waals surface area contributed by atoms with Crippen LogP contribution in [0, 0.1) is 6.92 Å². The first-order valence-corrected chi connectivity index (χ1v) is 7.90. The van der Waals surface area contributed by atoms with Gasteiger partial charge in [-0.05, 0) is 41.1 Å². The first kappa shape index (κ1) is 17.3. The average Bonchev–Trinajstić information content (AvgIpc) is 3.14. The predicted molar refractivity (Wildman–Crippen MR) is 86.7 cm³/mol. The molecule has 0 radical (unpaired) electrons. The van der Waals surface area contributed by atoms with Gasteiger partial charge in [0.05, 0.1) is 17.3 Å². The van der Waals surface area contributed by atoms with Crippen molar-refractivity contribution in [2.75, 3.05) is 7.11 Å². The average molecular weight is 415 g/mol. The van der Waals surface area contributed by atoms with E-state index in [0.717, 1.165) is 10.2 Å². The summed E-state index contributed by atoms with van der Waals surface area (Å²) < 4.78 is 42.3. The Kier molecular flexibility index (Phi) is 4.98. The molecule has 0 aliphatic rings. The molecular weight excluding hydrogens is 402 g/mol. The molecule has 0 saturated heterocycles. The normalized spacial score (nSPS) is 11.1. The van der Waals surface area contributed by atoms with E-state index in [-0.39, 0.29) is 17.4 Å². The van der Waals surface area contributed by atoms with Crippen molar-refractivity contribution in [1.82, 2.24) is 20.0 Å². The molecule has 3 aromatic rings. The van der Waals surface area contributed by atoms with Crippen molar-refractivity contribution in [2.45, 2.75) is 20.1 Å². The third-order valence-electron chi connectivity index (χ3n) is 3.28. The largest absolute Gasteiger partial charge is 0.493 e. The number of rotatable bonds is 6. The second-order valence-electron chi connectivity index (χ2n) is 5.01. The van der Waals surface area contributed by atoms with Crippen LogP contribution in [-0.2, 0) is 6.54 Å². The van der Waals surface area contributed by atoms with Crippen molar-refractivity contribution >= 4 is 15.9 Å². The lowest BCUT2D eigenvalue weighted by Gasteiger charge is -2.10. The number of alkyl halides is 2. The standard InChI is InChI=1S/C15H13BrF2N4O3/c1-8-10(16)6-22(21-8)7-13-19-20-14(25-13)9-3-4-11(24-15(17)18)12(5-9)23-2/h3-6,15H,7H2,1-2H3. The Labute approximate surface area is 149 Å². The Hall–Kier alpha value is -2.49. The minimum atomic E-state index is -2.94. The van der Waals surface area contributed by atoms with E-state index in [4.69, 9.17) is 9.15 Å². The molecule has 0 N–H and O–H groups in total. The van der Waals surface area contributed by atoms with E-state index in [1.807, 2.05) is 6.92 Å². The molecule has 0 fully saturated rings. The first-order chi connectivity index (χ1) is 12.0. The van der Waals surface area contributed by atoms with Gasteiger partial charge in [-0.3, -0.25) is 4.68 Å². The van der Waals surface area contributed by atoms with E-state index < -0.39 is 6.61 Å². The highest BCUT2D eigenvalue weighted by Gasteiger charge is 2.15. The van der Waals surface area contributed by atoms with Crippen LogP contribution in [0.3, 0.4) is 0 Å². The van der Waals surface area contributed by atoms with E-state index in [2.05, 4.69) is 36.0 Å². The summed E-state index contributed by atoms with van der Waals surface area (Å²) in [4.78, 5) is 0. The maximum Gasteiger partial charge on any atom is 0.387 e. The summed E-state index contributed by atoms with van der Waals surface area (Å²) in [6.45, 7) is -0.759. The van der Waals surface area contributed by atoms with Crippen molar-refractivity contribution < 1.29 is 22.7 Å². The van der Waals surface area contributed by atoms with Crippen LogP contribution in [0.4, 0.5) is 8.78 Å². The zero-order chi connectivity index (χ0) is 18.0. The van der Waals surface area contributed by atoms with Crippen molar-refractivity contribution in [3.8, 4) is 23.0 Å². The van der Waals surface area contributed by atoms with E-state index >= 15 is 0 Å². The van der Waals surface area contributed by atoms with Gasteiger partial charge in [-0.25, -0.2) is 0 Å². The van der Waals surface area contributed by atoms with E-state index in [9.17, 15) is 8.78 Å². The van der Waals surface area contributed by atoms with Crippen LogP contribution in [0.2, 0.25) is 0 Å². The second kappa shape index (κ2) is 7.18. The number of aryl methyl sites for hydroxylation is 1. The summed E-state index contributed by atoms with van der Waals surface area (Å²) in [6, 6.07) is 4.38. The SMILES string of the molecule is COc1cc(-c2nnc(Cn3cc(Br)c(C)n3)o2)ccc1OC(F)F. The number of nitrogens with zero attached hydrogens (tertiary/aromatic N) is 4. The molecule has 25 heavy (non-hydrogen) atoms. The summed E-state index contributed by atoms with van der Waals surface area (Å²) in [5.41, 5.74) is 1.37. The number of ether oxygens (including phenoxy) is 2. The molecule has 0 aliphatic heterocycles. The molecule has 0 unspecified atom stereocenters. The number of methoxy groups -OCH3 is 1. The van der Waals surface area contributed by atoms with Crippen LogP contribution in [0.5, 0.6) is 11.5 Å². The zero-order valence-corrected chi connectivity index (χ0v) is 14.8. The number of benzene rings is 1. The van der Waals surface area contributed by atoms with Gasteiger partial charge in [-0.1, -0.05) is 0 Å². The fourth-order valence-corrected chi connectivity index (χ4v) is 2.46. The minimum absolute atomic E-state index is 0.0714. The van der Waals surface area contributed by atoms with Crippen LogP contribution < -0.4 is 9.47 Å².